The van der Waals surface area contributed by atoms with Gasteiger partial charge in [-0.2, -0.15) is 0 Å². The van der Waals surface area contributed by atoms with E-state index in [4.69, 9.17) is 5.11 Å². The van der Waals surface area contributed by atoms with Gasteiger partial charge in [0.25, 0.3) is 0 Å². The third-order valence-electron chi connectivity index (χ3n) is 2.41. The molecule has 0 spiro atoms. The first kappa shape index (κ1) is 10.5. The minimum Gasteiger partial charge on any atom is -0.481 e. The lowest BCUT2D eigenvalue weighted by Gasteiger charge is -2.04. The standard InChI is InChI=1S/C12H10FNO2/c13-10-3-1-2-9-8(10)6-7-14-11(9)4-5-12(15)16/h1-3,6-7H,4-5H2,(H,15,16). The SMILES string of the molecule is O=C(O)CCc1nccc2c(F)cccc12. The van der Waals surface area contributed by atoms with Crippen LogP contribution >= 0.6 is 0 Å². The normalized spacial score (nSPS) is 10.6. The molecule has 1 N–H and O–H groups in total. The lowest BCUT2D eigenvalue weighted by Crippen LogP contribution is -2.00. The molecule has 0 fully saturated rings. The fourth-order valence-electron chi connectivity index (χ4n) is 1.65. The van der Waals surface area contributed by atoms with E-state index in [2.05, 4.69) is 4.98 Å². The Bertz CT molecular complexity index is 540. The van der Waals surface area contributed by atoms with Crippen molar-refractivity contribution in [1.82, 2.24) is 4.98 Å². The first-order valence-corrected chi connectivity index (χ1v) is 4.92. The number of hydrogen-bond donors (Lipinski definition) is 1. The second-order valence-electron chi connectivity index (χ2n) is 3.49. The van der Waals surface area contributed by atoms with Gasteiger partial charge in [0.1, 0.15) is 5.82 Å². The van der Waals surface area contributed by atoms with Gasteiger partial charge in [0.15, 0.2) is 0 Å². The van der Waals surface area contributed by atoms with E-state index in [1.165, 1.54) is 12.3 Å². The lowest BCUT2D eigenvalue weighted by atomic mass is 10.1. The second-order valence-corrected chi connectivity index (χ2v) is 3.49. The highest BCUT2D eigenvalue weighted by Crippen LogP contribution is 2.20. The van der Waals surface area contributed by atoms with Crippen LogP contribution in [0.1, 0.15) is 12.1 Å². The molecule has 2 aromatic rings. The maximum atomic E-state index is 13.4. The topological polar surface area (TPSA) is 50.2 Å². The number of benzene rings is 1. The van der Waals surface area contributed by atoms with Crippen molar-refractivity contribution in [1.29, 1.82) is 0 Å². The summed E-state index contributed by atoms with van der Waals surface area (Å²) in [6.45, 7) is 0. The van der Waals surface area contributed by atoms with Crippen LogP contribution in [0.15, 0.2) is 30.5 Å². The number of pyridine rings is 1. The molecule has 3 nitrogen and oxygen atoms in total. The molecule has 0 saturated carbocycles. The van der Waals surface area contributed by atoms with Gasteiger partial charge >= 0.3 is 5.97 Å². The molecule has 0 atom stereocenters. The predicted octanol–water partition coefficient (Wildman–Crippen LogP) is 2.39. The molecule has 0 radical (unpaired) electrons. The summed E-state index contributed by atoms with van der Waals surface area (Å²) in [5.41, 5.74) is 0.624. The Balaban J connectivity index is 2.45. The van der Waals surface area contributed by atoms with Crippen LogP contribution in [-0.4, -0.2) is 16.1 Å². The average Bonchev–Trinajstić information content (AvgIpc) is 2.27. The molecule has 0 amide bonds. The summed E-state index contributed by atoms with van der Waals surface area (Å²) in [7, 11) is 0. The van der Waals surface area contributed by atoms with E-state index in [-0.39, 0.29) is 12.2 Å². The molecular weight excluding hydrogens is 209 g/mol. The number of aliphatic carboxylic acids is 1. The Morgan fingerprint density at radius 3 is 2.88 bits per heavy atom. The number of carboxylic acids is 1. The van der Waals surface area contributed by atoms with Crippen LogP contribution < -0.4 is 0 Å². The molecule has 0 saturated heterocycles. The molecule has 82 valence electrons. The lowest BCUT2D eigenvalue weighted by molar-refractivity contribution is -0.136. The Morgan fingerprint density at radius 1 is 1.31 bits per heavy atom. The third kappa shape index (κ3) is 2.00. The number of hydrogen-bond acceptors (Lipinski definition) is 2. The number of nitrogens with zero attached hydrogens (tertiary/aromatic N) is 1. The van der Waals surface area contributed by atoms with Gasteiger partial charge in [-0.3, -0.25) is 9.78 Å². The van der Waals surface area contributed by atoms with Crippen molar-refractivity contribution in [3.8, 4) is 0 Å². The fourth-order valence-corrected chi connectivity index (χ4v) is 1.65. The van der Waals surface area contributed by atoms with Crippen molar-refractivity contribution >= 4 is 16.7 Å². The van der Waals surface area contributed by atoms with Gasteiger partial charge in [-0.05, 0) is 12.1 Å². The quantitative estimate of drug-likeness (QED) is 0.862. The van der Waals surface area contributed by atoms with Crippen LogP contribution in [0.3, 0.4) is 0 Å². The number of rotatable bonds is 3. The molecule has 0 unspecified atom stereocenters. The predicted molar refractivity (Wildman–Crippen MR) is 57.7 cm³/mol. The molecule has 0 aliphatic carbocycles. The number of aryl methyl sites for hydroxylation is 1. The zero-order chi connectivity index (χ0) is 11.5. The maximum Gasteiger partial charge on any atom is 0.303 e. The Kier molecular flexibility index (Phi) is 2.81. The molecule has 16 heavy (non-hydrogen) atoms. The molecular formula is C12H10FNO2. The van der Waals surface area contributed by atoms with Crippen LogP contribution in [0.2, 0.25) is 0 Å². The Hall–Kier alpha value is -1.97. The minimum absolute atomic E-state index is 0.00261. The van der Waals surface area contributed by atoms with Gasteiger partial charge in [0.05, 0.1) is 6.42 Å². The van der Waals surface area contributed by atoms with Gasteiger partial charge in [-0.25, -0.2) is 4.39 Å². The summed E-state index contributed by atoms with van der Waals surface area (Å²) in [4.78, 5) is 14.6. The summed E-state index contributed by atoms with van der Waals surface area (Å²) in [6, 6.07) is 6.32. The van der Waals surface area contributed by atoms with Crippen molar-refractivity contribution in [2.45, 2.75) is 12.8 Å². The van der Waals surface area contributed by atoms with E-state index >= 15 is 0 Å². The van der Waals surface area contributed by atoms with E-state index in [9.17, 15) is 9.18 Å². The van der Waals surface area contributed by atoms with E-state index < -0.39 is 5.97 Å². The van der Waals surface area contributed by atoms with Crippen molar-refractivity contribution in [3.63, 3.8) is 0 Å². The molecule has 0 aliphatic heterocycles. The molecule has 2 rings (SSSR count). The van der Waals surface area contributed by atoms with Gasteiger partial charge in [0, 0.05) is 29.1 Å². The van der Waals surface area contributed by atoms with Gasteiger partial charge in [0.2, 0.25) is 0 Å². The maximum absolute atomic E-state index is 13.4. The van der Waals surface area contributed by atoms with Crippen molar-refractivity contribution < 1.29 is 14.3 Å². The fraction of sp³-hybridized carbons (Fsp3) is 0.167. The zero-order valence-electron chi connectivity index (χ0n) is 8.48. The highest BCUT2D eigenvalue weighted by molar-refractivity contribution is 5.85. The number of carbonyl (C=O) groups is 1. The third-order valence-corrected chi connectivity index (χ3v) is 2.41. The second kappa shape index (κ2) is 4.26. The number of carboxylic acid groups (broad SMARTS) is 1. The number of aromatic nitrogens is 1. The van der Waals surface area contributed by atoms with Crippen molar-refractivity contribution in [3.05, 3.63) is 42.0 Å². The van der Waals surface area contributed by atoms with Gasteiger partial charge < -0.3 is 5.11 Å². The van der Waals surface area contributed by atoms with Crippen LogP contribution in [0.4, 0.5) is 4.39 Å². The summed E-state index contributed by atoms with van der Waals surface area (Å²) in [5.74, 6) is -1.19. The molecule has 1 aromatic heterocycles. The number of halogens is 1. The smallest absolute Gasteiger partial charge is 0.303 e. The van der Waals surface area contributed by atoms with Crippen LogP contribution in [0.5, 0.6) is 0 Å². The summed E-state index contributed by atoms with van der Waals surface area (Å²) < 4.78 is 13.4. The highest BCUT2D eigenvalue weighted by atomic mass is 19.1. The highest BCUT2D eigenvalue weighted by Gasteiger charge is 2.07. The molecule has 1 aromatic carbocycles. The largest absolute Gasteiger partial charge is 0.481 e. The summed E-state index contributed by atoms with van der Waals surface area (Å²) >= 11 is 0. The average molecular weight is 219 g/mol. The van der Waals surface area contributed by atoms with Crippen molar-refractivity contribution in [2.75, 3.05) is 0 Å². The van der Waals surface area contributed by atoms with Crippen LogP contribution in [0, 0.1) is 5.82 Å². The number of fused-ring (bicyclic) bond motifs is 1. The first-order chi connectivity index (χ1) is 7.68. The van der Waals surface area contributed by atoms with Crippen LogP contribution in [-0.2, 0) is 11.2 Å². The molecule has 4 heteroatoms. The van der Waals surface area contributed by atoms with E-state index in [1.807, 2.05) is 0 Å². The molecule has 1 heterocycles. The molecule has 0 bridgehead atoms. The van der Waals surface area contributed by atoms with Crippen molar-refractivity contribution in [2.24, 2.45) is 0 Å². The van der Waals surface area contributed by atoms with Gasteiger partial charge in [-0.15, -0.1) is 0 Å². The minimum atomic E-state index is -0.879. The monoisotopic (exact) mass is 219 g/mol. The van der Waals surface area contributed by atoms with E-state index in [0.717, 1.165) is 0 Å². The van der Waals surface area contributed by atoms with E-state index in [1.54, 1.807) is 18.2 Å². The van der Waals surface area contributed by atoms with Crippen LogP contribution in [0.25, 0.3) is 10.8 Å². The Labute approximate surface area is 91.5 Å². The molecule has 0 aliphatic rings. The first-order valence-electron chi connectivity index (χ1n) is 4.92. The van der Waals surface area contributed by atoms with Gasteiger partial charge in [-0.1, -0.05) is 12.1 Å². The zero-order valence-corrected chi connectivity index (χ0v) is 8.48. The summed E-state index contributed by atoms with van der Waals surface area (Å²) in [6.07, 6.45) is 1.82. The summed E-state index contributed by atoms with van der Waals surface area (Å²) in [5, 5.41) is 9.77. The van der Waals surface area contributed by atoms with E-state index in [0.29, 0.717) is 22.9 Å². The Morgan fingerprint density at radius 2 is 2.12 bits per heavy atom.